The van der Waals surface area contributed by atoms with Gasteiger partial charge in [-0.3, -0.25) is 0 Å². The molecule has 1 aromatic rings. The molecule has 0 aliphatic heterocycles. The monoisotopic (exact) mass is 330 g/mol. The summed E-state index contributed by atoms with van der Waals surface area (Å²) >= 11 is 22.8. The Hall–Kier alpha value is -0.320. The van der Waals surface area contributed by atoms with E-state index in [-0.39, 0.29) is 26.9 Å². The fourth-order valence-electron chi connectivity index (χ4n) is 1.02. The van der Waals surface area contributed by atoms with Gasteiger partial charge in [-0.25, -0.2) is 0 Å². The van der Waals surface area contributed by atoms with Gasteiger partial charge in [0.1, 0.15) is 16.8 Å². The van der Waals surface area contributed by atoms with Crippen molar-refractivity contribution in [1.82, 2.24) is 0 Å². The fourth-order valence-corrected chi connectivity index (χ4v) is 1.67. The molecule has 0 saturated heterocycles. The summed E-state index contributed by atoms with van der Waals surface area (Å²) < 4.78 is 5.46. The van der Waals surface area contributed by atoms with Gasteiger partial charge in [-0.1, -0.05) is 46.4 Å². The molecule has 0 heterocycles. The highest BCUT2D eigenvalue weighted by Crippen LogP contribution is 2.37. The molecular formula is C11H10Cl4O3. The van der Waals surface area contributed by atoms with Crippen LogP contribution in [0.2, 0.25) is 10.0 Å². The third kappa shape index (κ3) is 5.12. The first-order valence-corrected chi connectivity index (χ1v) is 6.48. The third-order valence-corrected chi connectivity index (χ3v) is 2.59. The zero-order valence-corrected chi connectivity index (χ0v) is 12.4. The molecule has 0 radical (unpaired) electrons. The average molecular weight is 332 g/mol. The highest BCUT2D eigenvalue weighted by Gasteiger charge is 2.11. The lowest BCUT2D eigenvalue weighted by Gasteiger charge is -2.10. The van der Waals surface area contributed by atoms with Crippen LogP contribution in [0.25, 0.3) is 0 Å². The molecule has 0 amide bonds. The molecule has 0 aromatic heterocycles. The van der Waals surface area contributed by atoms with Gasteiger partial charge < -0.3 is 9.62 Å². The standard InChI is InChI=1S/C11H10Cl4O3/c1-2-17-18-11-8(12)5-7(6-9(11)13)16-4-3-10(14)15/h3,5-6H,2,4H2,1H3. The maximum absolute atomic E-state index is 5.97. The summed E-state index contributed by atoms with van der Waals surface area (Å²) in [4.78, 5) is 9.72. The van der Waals surface area contributed by atoms with E-state index in [1.807, 2.05) is 0 Å². The Morgan fingerprint density at radius 3 is 2.33 bits per heavy atom. The van der Waals surface area contributed by atoms with E-state index in [4.69, 9.17) is 60.9 Å². The van der Waals surface area contributed by atoms with E-state index in [0.29, 0.717) is 12.4 Å². The molecule has 1 aromatic carbocycles. The van der Waals surface area contributed by atoms with Gasteiger partial charge >= 0.3 is 0 Å². The largest absolute Gasteiger partial charge is 0.489 e. The Labute approximate surface area is 125 Å². The molecule has 0 aliphatic carbocycles. The molecule has 0 N–H and O–H groups in total. The van der Waals surface area contributed by atoms with E-state index >= 15 is 0 Å². The van der Waals surface area contributed by atoms with E-state index in [0.717, 1.165) is 0 Å². The zero-order chi connectivity index (χ0) is 13.5. The minimum atomic E-state index is 0.128. The molecule has 0 aliphatic rings. The molecule has 7 heteroatoms. The van der Waals surface area contributed by atoms with Gasteiger partial charge in [0.05, 0.1) is 16.7 Å². The topological polar surface area (TPSA) is 27.7 Å². The molecule has 18 heavy (non-hydrogen) atoms. The number of ether oxygens (including phenoxy) is 1. The minimum Gasteiger partial charge on any atom is -0.489 e. The van der Waals surface area contributed by atoms with Crippen molar-refractivity contribution in [3.8, 4) is 11.5 Å². The van der Waals surface area contributed by atoms with Crippen LogP contribution in [0.3, 0.4) is 0 Å². The molecule has 0 saturated carbocycles. The predicted octanol–water partition coefficient (Wildman–Crippen LogP) is 5.02. The van der Waals surface area contributed by atoms with E-state index < -0.39 is 0 Å². The predicted molar refractivity (Wildman–Crippen MR) is 74.0 cm³/mol. The van der Waals surface area contributed by atoms with Gasteiger partial charge in [0.25, 0.3) is 0 Å². The van der Waals surface area contributed by atoms with E-state index in [2.05, 4.69) is 0 Å². The highest BCUT2D eigenvalue weighted by atomic mass is 35.5. The molecule has 0 atom stereocenters. The van der Waals surface area contributed by atoms with Crippen molar-refractivity contribution in [1.29, 1.82) is 0 Å². The zero-order valence-electron chi connectivity index (χ0n) is 9.38. The Morgan fingerprint density at radius 1 is 1.22 bits per heavy atom. The van der Waals surface area contributed by atoms with Gasteiger partial charge in [0.15, 0.2) is 0 Å². The average Bonchev–Trinajstić information content (AvgIpc) is 2.27. The Balaban J connectivity index is 2.76. The van der Waals surface area contributed by atoms with E-state index in [1.54, 1.807) is 19.1 Å². The first kappa shape index (κ1) is 15.7. The van der Waals surface area contributed by atoms with Crippen LogP contribution in [0.4, 0.5) is 0 Å². The number of benzene rings is 1. The summed E-state index contributed by atoms with van der Waals surface area (Å²) in [5.74, 6) is 0.720. The van der Waals surface area contributed by atoms with Crippen molar-refractivity contribution in [3.63, 3.8) is 0 Å². The van der Waals surface area contributed by atoms with Crippen molar-refractivity contribution >= 4 is 46.4 Å². The van der Waals surface area contributed by atoms with E-state index in [1.165, 1.54) is 6.08 Å². The van der Waals surface area contributed by atoms with Crippen molar-refractivity contribution in [3.05, 3.63) is 32.7 Å². The second-order valence-electron chi connectivity index (χ2n) is 3.01. The first-order chi connectivity index (χ1) is 8.54. The minimum absolute atomic E-state index is 0.128. The third-order valence-electron chi connectivity index (χ3n) is 1.72. The van der Waals surface area contributed by atoms with Gasteiger partial charge in [0, 0.05) is 12.1 Å². The normalized spacial score (nSPS) is 10.1. The lowest BCUT2D eigenvalue weighted by atomic mass is 10.3. The Bertz CT molecular complexity index is 407. The first-order valence-electron chi connectivity index (χ1n) is 4.97. The molecule has 0 spiro atoms. The van der Waals surface area contributed by atoms with Crippen LogP contribution >= 0.6 is 46.4 Å². The Kier molecular flexibility index (Phi) is 6.97. The maximum atomic E-state index is 5.97. The van der Waals surface area contributed by atoms with Crippen molar-refractivity contribution < 1.29 is 14.5 Å². The quantitative estimate of drug-likeness (QED) is 0.541. The lowest BCUT2D eigenvalue weighted by molar-refractivity contribution is -0.201. The summed E-state index contributed by atoms with van der Waals surface area (Å²) in [7, 11) is 0. The molecule has 3 nitrogen and oxygen atoms in total. The van der Waals surface area contributed by atoms with Crippen LogP contribution in [-0.4, -0.2) is 13.2 Å². The van der Waals surface area contributed by atoms with Gasteiger partial charge in [-0.2, -0.15) is 4.89 Å². The Morgan fingerprint density at radius 2 is 1.83 bits per heavy atom. The molecular weight excluding hydrogens is 322 g/mol. The van der Waals surface area contributed by atoms with Crippen LogP contribution in [0, 0.1) is 0 Å². The van der Waals surface area contributed by atoms with Crippen LogP contribution in [-0.2, 0) is 4.89 Å². The van der Waals surface area contributed by atoms with E-state index in [9.17, 15) is 0 Å². The van der Waals surface area contributed by atoms with Crippen molar-refractivity contribution in [2.75, 3.05) is 13.2 Å². The van der Waals surface area contributed by atoms with Crippen molar-refractivity contribution in [2.45, 2.75) is 6.92 Å². The molecule has 0 unspecified atom stereocenters. The summed E-state index contributed by atoms with van der Waals surface area (Å²) in [6, 6.07) is 3.11. The second kappa shape index (κ2) is 7.97. The van der Waals surface area contributed by atoms with Crippen molar-refractivity contribution in [2.24, 2.45) is 0 Å². The van der Waals surface area contributed by atoms with Crippen LogP contribution in [0.15, 0.2) is 22.7 Å². The summed E-state index contributed by atoms with van der Waals surface area (Å²) in [6.07, 6.45) is 1.50. The smallest absolute Gasteiger partial charge is 0.202 e. The van der Waals surface area contributed by atoms with Gasteiger partial charge in [-0.15, -0.1) is 0 Å². The fraction of sp³-hybridized carbons (Fsp3) is 0.273. The molecule has 0 fully saturated rings. The highest BCUT2D eigenvalue weighted by molar-refractivity contribution is 6.55. The molecule has 100 valence electrons. The number of hydrogen-bond acceptors (Lipinski definition) is 3. The van der Waals surface area contributed by atoms with Crippen LogP contribution < -0.4 is 9.62 Å². The summed E-state index contributed by atoms with van der Waals surface area (Å²) in [5.41, 5.74) is 0. The second-order valence-corrected chi connectivity index (χ2v) is 4.83. The SMILES string of the molecule is CCOOc1c(Cl)cc(OCC=C(Cl)Cl)cc1Cl. The number of hydrogen-bond donors (Lipinski definition) is 0. The van der Waals surface area contributed by atoms with Gasteiger partial charge in [0.2, 0.25) is 5.75 Å². The summed E-state index contributed by atoms with van der Waals surface area (Å²) in [6.45, 7) is 2.37. The molecule has 1 rings (SSSR count). The van der Waals surface area contributed by atoms with Crippen LogP contribution in [0.1, 0.15) is 6.92 Å². The lowest BCUT2D eigenvalue weighted by Crippen LogP contribution is -1.98. The number of halogens is 4. The summed E-state index contributed by atoms with van der Waals surface area (Å²) in [5, 5.41) is 0.568. The van der Waals surface area contributed by atoms with Gasteiger partial charge in [-0.05, 0) is 13.0 Å². The van der Waals surface area contributed by atoms with Crippen LogP contribution in [0.5, 0.6) is 11.5 Å². The molecule has 0 bridgehead atoms. The maximum Gasteiger partial charge on any atom is 0.202 e. The number of rotatable bonds is 6.